The first-order chi connectivity index (χ1) is 14.8. The van der Waals surface area contributed by atoms with E-state index in [9.17, 15) is 10.4 Å². The molecule has 3 heterocycles. The third-order valence-corrected chi connectivity index (χ3v) is 5.86. The lowest BCUT2D eigenvalue weighted by atomic mass is 9.97. The quantitative estimate of drug-likeness (QED) is 0.512. The summed E-state index contributed by atoms with van der Waals surface area (Å²) in [5, 5.41) is 20.7. The van der Waals surface area contributed by atoms with E-state index in [0.717, 1.165) is 64.3 Å². The van der Waals surface area contributed by atoms with Crippen LogP contribution in [0.15, 0.2) is 42.7 Å². The molecule has 4 aromatic rings. The zero-order valence-corrected chi connectivity index (χ0v) is 16.6. The summed E-state index contributed by atoms with van der Waals surface area (Å²) in [5.41, 5.74) is 4.72. The Morgan fingerprint density at radius 1 is 1.07 bits per heavy atom. The van der Waals surface area contributed by atoms with Crippen molar-refractivity contribution in [2.75, 3.05) is 0 Å². The van der Waals surface area contributed by atoms with Gasteiger partial charge in [0.1, 0.15) is 11.7 Å². The largest absolute Gasteiger partial charge is 0.487 e. The van der Waals surface area contributed by atoms with Crippen molar-refractivity contribution in [3.05, 3.63) is 54.0 Å². The van der Waals surface area contributed by atoms with Crippen LogP contribution in [0.25, 0.3) is 33.1 Å². The number of H-pyrrole nitrogens is 1. The number of ether oxygens (including phenoxy) is 1. The van der Waals surface area contributed by atoms with Crippen LogP contribution in [0.5, 0.6) is 5.75 Å². The second kappa shape index (κ2) is 7.77. The lowest BCUT2D eigenvalue weighted by Gasteiger charge is -2.23. The minimum atomic E-state index is 0.0197. The summed E-state index contributed by atoms with van der Waals surface area (Å²) < 4.78 is 6.37. The van der Waals surface area contributed by atoms with Gasteiger partial charge in [0.05, 0.1) is 29.8 Å². The van der Waals surface area contributed by atoms with Crippen LogP contribution in [0.1, 0.15) is 43.4 Å². The molecule has 0 bridgehead atoms. The number of aliphatic hydroxyl groups is 1. The first-order valence-corrected chi connectivity index (χ1v) is 10.3. The topological polar surface area (TPSA) is 94.8 Å². The Hall–Kier alpha value is -3.43. The van der Waals surface area contributed by atoms with Gasteiger partial charge in [0.15, 0.2) is 11.4 Å². The second-order valence-corrected chi connectivity index (χ2v) is 7.81. The first-order valence-electron chi connectivity index (χ1n) is 10.3. The average molecular weight is 398 g/mol. The van der Waals surface area contributed by atoms with Crippen LogP contribution in [0, 0.1) is 11.3 Å². The van der Waals surface area contributed by atoms with Crippen molar-refractivity contribution in [1.29, 1.82) is 5.26 Å². The molecular weight excluding hydrogens is 376 g/mol. The normalized spacial score (nSPS) is 14.8. The van der Waals surface area contributed by atoms with Crippen molar-refractivity contribution in [3.8, 4) is 22.9 Å². The Morgan fingerprint density at radius 3 is 2.60 bits per heavy atom. The van der Waals surface area contributed by atoms with E-state index in [2.05, 4.69) is 27.1 Å². The lowest BCUT2D eigenvalue weighted by Crippen LogP contribution is -2.20. The molecule has 0 atom stereocenters. The fourth-order valence-electron chi connectivity index (χ4n) is 4.24. The van der Waals surface area contributed by atoms with Gasteiger partial charge in [0.25, 0.3) is 0 Å². The number of benzene rings is 1. The maximum atomic E-state index is 9.66. The number of hydrogen-bond acceptors (Lipinski definition) is 5. The van der Waals surface area contributed by atoms with Gasteiger partial charge < -0.3 is 14.8 Å². The first kappa shape index (κ1) is 18.6. The number of aromatic nitrogens is 3. The molecule has 3 aromatic heterocycles. The summed E-state index contributed by atoms with van der Waals surface area (Å²) in [6, 6.07) is 12.0. The van der Waals surface area contributed by atoms with E-state index in [1.165, 1.54) is 6.42 Å². The Kier molecular flexibility index (Phi) is 4.82. The Balaban J connectivity index is 1.66. The molecule has 6 heteroatoms. The molecule has 0 amide bonds. The molecule has 6 nitrogen and oxygen atoms in total. The molecule has 0 saturated heterocycles. The summed E-state index contributed by atoms with van der Waals surface area (Å²) in [6.45, 7) is 0.0197. The number of aromatic amines is 1. The monoisotopic (exact) mass is 398 g/mol. The number of rotatable bonds is 4. The van der Waals surface area contributed by atoms with Crippen molar-refractivity contribution in [2.45, 2.75) is 44.8 Å². The van der Waals surface area contributed by atoms with Gasteiger partial charge in [-0.2, -0.15) is 5.26 Å². The van der Waals surface area contributed by atoms with E-state index in [1.54, 1.807) is 6.20 Å². The van der Waals surface area contributed by atoms with Gasteiger partial charge in [-0.05, 0) is 42.9 Å². The minimum absolute atomic E-state index is 0.0197. The third kappa shape index (κ3) is 3.27. The van der Waals surface area contributed by atoms with Gasteiger partial charge in [-0.1, -0.05) is 30.7 Å². The predicted molar refractivity (Wildman–Crippen MR) is 115 cm³/mol. The van der Waals surface area contributed by atoms with Crippen LogP contribution in [0.4, 0.5) is 0 Å². The molecule has 1 saturated carbocycles. The van der Waals surface area contributed by atoms with Gasteiger partial charge >= 0.3 is 0 Å². The Labute approximate surface area is 174 Å². The SMILES string of the molecule is N#Cc1ncc2[nH]c3ncc(-c4ccc(CO)cc4)cc3c2c1OC1CCCCC1. The maximum absolute atomic E-state index is 9.66. The number of fused-ring (bicyclic) bond motifs is 3. The van der Waals surface area contributed by atoms with Gasteiger partial charge in [-0.3, -0.25) is 0 Å². The third-order valence-electron chi connectivity index (χ3n) is 5.86. The number of aliphatic hydroxyl groups excluding tert-OH is 1. The van der Waals surface area contributed by atoms with Crippen molar-refractivity contribution in [1.82, 2.24) is 15.0 Å². The van der Waals surface area contributed by atoms with E-state index in [4.69, 9.17) is 4.74 Å². The highest BCUT2D eigenvalue weighted by atomic mass is 16.5. The zero-order valence-electron chi connectivity index (χ0n) is 16.6. The van der Waals surface area contributed by atoms with Crippen LogP contribution >= 0.6 is 0 Å². The molecule has 0 aliphatic heterocycles. The second-order valence-electron chi connectivity index (χ2n) is 7.81. The molecule has 5 rings (SSSR count). The van der Waals surface area contributed by atoms with Crippen LogP contribution in [-0.4, -0.2) is 26.2 Å². The molecular formula is C24H22N4O2. The lowest BCUT2D eigenvalue weighted by molar-refractivity contribution is 0.156. The highest BCUT2D eigenvalue weighted by molar-refractivity contribution is 6.10. The number of nitrogens with zero attached hydrogens (tertiary/aromatic N) is 3. The number of pyridine rings is 2. The minimum Gasteiger partial charge on any atom is -0.487 e. The van der Waals surface area contributed by atoms with Gasteiger partial charge in [-0.15, -0.1) is 0 Å². The number of nitrogens with one attached hydrogen (secondary N) is 1. The molecule has 0 radical (unpaired) electrons. The highest BCUT2D eigenvalue weighted by Crippen LogP contribution is 2.37. The fraction of sp³-hybridized carbons (Fsp3) is 0.292. The van der Waals surface area contributed by atoms with Crippen LogP contribution in [0.2, 0.25) is 0 Å². The van der Waals surface area contributed by atoms with Crippen molar-refractivity contribution in [3.63, 3.8) is 0 Å². The molecule has 1 aliphatic carbocycles. The molecule has 2 N–H and O–H groups in total. The summed E-state index contributed by atoms with van der Waals surface area (Å²) >= 11 is 0. The van der Waals surface area contributed by atoms with Crippen molar-refractivity contribution < 1.29 is 9.84 Å². The van der Waals surface area contributed by atoms with Gasteiger partial charge in [0.2, 0.25) is 0 Å². The van der Waals surface area contributed by atoms with Crippen molar-refractivity contribution in [2.24, 2.45) is 0 Å². The summed E-state index contributed by atoms with van der Waals surface area (Å²) in [7, 11) is 0. The Bertz CT molecular complexity index is 1250. The summed E-state index contributed by atoms with van der Waals surface area (Å²) in [4.78, 5) is 12.2. The molecule has 1 fully saturated rings. The standard InChI is InChI=1S/C24H22N4O2/c25-11-20-23(30-18-4-2-1-3-5-18)22-19-10-17(16-8-6-15(14-29)7-9-16)12-27-24(19)28-21(22)13-26-20/h6-10,12-13,18,29H,1-5,14H2,(H,27,28). The Morgan fingerprint density at radius 2 is 1.87 bits per heavy atom. The van der Waals surface area contributed by atoms with Crippen molar-refractivity contribution >= 4 is 21.9 Å². The average Bonchev–Trinajstić information content (AvgIpc) is 3.18. The number of nitriles is 1. The zero-order chi connectivity index (χ0) is 20.5. The smallest absolute Gasteiger partial charge is 0.183 e. The predicted octanol–water partition coefficient (Wildman–Crippen LogP) is 4.85. The van der Waals surface area contributed by atoms with Gasteiger partial charge in [-0.25, -0.2) is 9.97 Å². The number of hydrogen-bond donors (Lipinski definition) is 2. The molecule has 0 spiro atoms. The van der Waals surface area contributed by atoms with E-state index in [-0.39, 0.29) is 12.7 Å². The molecule has 30 heavy (non-hydrogen) atoms. The fourth-order valence-corrected chi connectivity index (χ4v) is 4.24. The van der Waals surface area contributed by atoms with Crippen LogP contribution in [0.3, 0.4) is 0 Å². The van der Waals surface area contributed by atoms with E-state index in [1.807, 2.05) is 30.5 Å². The highest BCUT2D eigenvalue weighted by Gasteiger charge is 2.22. The van der Waals surface area contributed by atoms with Gasteiger partial charge in [0, 0.05) is 17.1 Å². The van der Waals surface area contributed by atoms with Crippen LogP contribution in [-0.2, 0) is 6.61 Å². The van der Waals surface area contributed by atoms with E-state index < -0.39 is 0 Å². The molecule has 150 valence electrons. The molecule has 1 aliphatic rings. The molecule has 0 unspecified atom stereocenters. The summed E-state index contributed by atoms with van der Waals surface area (Å²) in [6.07, 6.45) is 9.17. The van der Waals surface area contributed by atoms with E-state index in [0.29, 0.717) is 11.4 Å². The maximum Gasteiger partial charge on any atom is 0.183 e. The van der Waals surface area contributed by atoms with E-state index >= 15 is 0 Å². The van der Waals surface area contributed by atoms with Crippen LogP contribution < -0.4 is 4.74 Å². The molecule has 1 aromatic carbocycles. The summed E-state index contributed by atoms with van der Waals surface area (Å²) in [5.74, 6) is 0.558.